The third kappa shape index (κ3) is 4.60. The zero-order valence-corrected chi connectivity index (χ0v) is 16.6. The number of benzene rings is 2. The van der Waals surface area contributed by atoms with Crippen LogP contribution in [0.4, 0.5) is 8.78 Å². The summed E-state index contributed by atoms with van der Waals surface area (Å²) in [7, 11) is 0. The molecule has 0 radical (unpaired) electrons. The fourth-order valence-electron chi connectivity index (χ4n) is 4.08. The van der Waals surface area contributed by atoms with Crippen LogP contribution in [0, 0.1) is 17.6 Å². The Morgan fingerprint density at radius 1 is 0.964 bits per heavy atom. The summed E-state index contributed by atoms with van der Waals surface area (Å²) in [6.45, 7) is 4.14. The summed E-state index contributed by atoms with van der Waals surface area (Å²) >= 11 is 0. The number of hydrogen-bond acceptors (Lipinski definition) is 2. The molecule has 2 aromatic carbocycles. The number of rotatable bonds is 6. The van der Waals surface area contributed by atoms with E-state index in [1.165, 1.54) is 49.8 Å². The van der Waals surface area contributed by atoms with Gasteiger partial charge in [0.15, 0.2) is 11.6 Å². The van der Waals surface area contributed by atoms with E-state index in [-0.39, 0.29) is 11.1 Å². The molecular formula is C24H28F2O2. The van der Waals surface area contributed by atoms with Crippen molar-refractivity contribution in [1.82, 2.24) is 0 Å². The molecule has 0 aliphatic heterocycles. The highest BCUT2D eigenvalue weighted by Crippen LogP contribution is 2.37. The summed E-state index contributed by atoms with van der Waals surface area (Å²) in [5, 5.41) is 0. The van der Waals surface area contributed by atoms with Gasteiger partial charge in [-0.2, -0.15) is 0 Å². The summed E-state index contributed by atoms with van der Waals surface area (Å²) in [6.07, 6.45) is 7.27. The first kappa shape index (κ1) is 20.5. The summed E-state index contributed by atoms with van der Waals surface area (Å²) in [5.41, 5.74) is 1.15. The Bertz CT molecular complexity index is 806. The molecule has 150 valence electrons. The molecule has 0 spiro atoms. The maximum atomic E-state index is 14.2. The fourth-order valence-corrected chi connectivity index (χ4v) is 4.08. The van der Waals surface area contributed by atoms with Crippen molar-refractivity contribution in [3.05, 3.63) is 64.7 Å². The molecule has 1 saturated carbocycles. The van der Waals surface area contributed by atoms with Crippen LogP contribution >= 0.6 is 0 Å². The smallest absolute Gasteiger partial charge is 0.346 e. The maximum Gasteiger partial charge on any atom is 0.346 e. The van der Waals surface area contributed by atoms with Gasteiger partial charge in [-0.3, -0.25) is 0 Å². The second-order valence-corrected chi connectivity index (χ2v) is 7.73. The zero-order chi connectivity index (χ0) is 20.1. The van der Waals surface area contributed by atoms with E-state index in [9.17, 15) is 13.6 Å². The van der Waals surface area contributed by atoms with E-state index in [0.717, 1.165) is 5.92 Å². The molecule has 28 heavy (non-hydrogen) atoms. The molecule has 0 atom stereocenters. The van der Waals surface area contributed by atoms with Crippen LogP contribution in [0.25, 0.3) is 0 Å². The molecule has 0 aromatic heterocycles. The summed E-state index contributed by atoms with van der Waals surface area (Å²) in [4.78, 5) is 12.3. The van der Waals surface area contributed by atoms with Crippen molar-refractivity contribution in [3.63, 3.8) is 0 Å². The maximum absolute atomic E-state index is 14.2. The van der Waals surface area contributed by atoms with E-state index < -0.39 is 17.6 Å². The van der Waals surface area contributed by atoms with Gasteiger partial charge in [0, 0.05) is 0 Å². The number of carbonyl (C=O) groups excluding carboxylic acids is 1. The van der Waals surface area contributed by atoms with Gasteiger partial charge in [-0.05, 0) is 73.3 Å². The van der Waals surface area contributed by atoms with Gasteiger partial charge in [0.25, 0.3) is 0 Å². The van der Waals surface area contributed by atoms with Gasteiger partial charge in [-0.25, -0.2) is 13.6 Å². The average Bonchev–Trinajstić information content (AvgIpc) is 2.72. The zero-order valence-electron chi connectivity index (χ0n) is 16.6. The standard InChI is InChI=1S/C24H28F2O2/c1-3-5-19-12-15-21(23(26)22(19)25)24(27)28-20-13-10-18(11-14-20)17-8-6-16(4-2)7-9-17/h10-17H,3-9H2,1-2H3/t16-,17-. The molecule has 1 fully saturated rings. The third-order valence-corrected chi connectivity index (χ3v) is 5.89. The van der Waals surface area contributed by atoms with Crippen molar-refractivity contribution in [2.75, 3.05) is 0 Å². The molecule has 0 bridgehead atoms. The number of hydrogen-bond donors (Lipinski definition) is 0. The molecule has 4 heteroatoms. The second kappa shape index (κ2) is 9.31. The van der Waals surface area contributed by atoms with Gasteiger partial charge >= 0.3 is 5.97 Å². The minimum absolute atomic E-state index is 0.277. The molecule has 0 saturated heterocycles. The van der Waals surface area contributed by atoms with E-state index in [1.54, 1.807) is 12.1 Å². The molecule has 0 unspecified atom stereocenters. The van der Waals surface area contributed by atoms with Crippen LogP contribution in [0.15, 0.2) is 36.4 Å². The minimum Gasteiger partial charge on any atom is -0.423 e. The van der Waals surface area contributed by atoms with Crippen LogP contribution in [0.3, 0.4) is 0 Å². The van der Waals surface area contributed by atoms with Gasteiger partial charge in [-0.1, -0.05) is 44.9 Å². The van der Waals surface area contributed by atoms with Crippen LogP contribution < -0.4 is 4.74 Å². The lowest BCUT2D eigenvalue weighted by Crippen LogP contribution is -2.14. The van der Waals surface area contributed by atoms with Crippen molar-refractivity contribution in [1.29, 1.82) is 0 Å². The first-order valence-electron chi connectivity index (χ1n) is 10.3. The Morgan fingerprint density at radius 2 is 1.64 bits per heavy atom. The van der Waals surface area contributed by atoms with E-state index >= 15 is 0 Å². The Kier molecular flexibility index (Phi) is 6.82. The highest BCUT2D eigenvalue weighted by atomic mass is 19.2. The van der Waals surface area contributed by atoms with E-state index in [2.05, 4.69) is 6.92 Å². The lowest BCUT2D eigenvalue weighted by Gasteiger charge is -2.28. The summed E-state index contributed by atoms with van der Waals surface area (Å²) < 4.78 is 33.6. The third-order valence-electron chi connectivity index (χ3n) is 5.89. The predicted octanol–water partition coefficient (Wildman–Crippen LogP) is 6.82. The monoisotopic (exact) mass is 386 g/mol. The van der Waals surface area contributed by atoms with Gasteiger partial charge < -0.3 is 4.74 Å². The van der Waals surface area contributed by atoms with Crippen molar-refractivity contribution in [2.45, 2.75) is 64.7 Å². The molecular weight excluding hydrogens is 358 g/mol. The predicted molar refractivity (Wildman–Crippen MR) is 107 cm³/mol. The van der Waals surface area contributed by atoms with Gasteiger partial charge in [0.1, 0.15) is 5.75 Å². The lowest BCUT2D eigenvalue weighted by molar-refractivity contribution is 0.0728. The topological polar surface area (TPSA) is 26.3 Å². The van der Waals surface area contributed by atoms with Gasteiger partial charge in [-0.15, -0.1) is 0 Å². The van der Waals surface area contributed by atoms with Crippen molar-refractivity contribution in [3.8, 4) is 5.75 Å². The number of ether oxygens (including phenoxy) is 1. The minimum atomic E-state index is -1.14. The van der Waals surface area contributed by atoms with Crippen LogP contribution in [0.2, 0.25) is 0 Å². The van der Waals surface area contributed by atoms with Crippen molar-refractivity contribution < 1.29 is 18.3 Å². The Labute approximate surface area is 165 Å². The molecule has 2 nitrogen and oxygen atoms in total. The van der Waals surface area contributed by atoms with E-state index in [4.69, 9.17) is 4.74 Å². The first-order valence-corrected chi connectivity index (χ1v) is 10.3. The largest absolute Gasteiger partial charge is 0.423 e. The van der Waals surface area contributed by atoms with Crippen LogP contribution in [-0.4, -0.2) is 5.97 Å². The Balaban J connectivity index is 1.66. The molecule has 3 rings (SSSR count). The Hall–Kier alpha value is -2.23. The summed E-state index contributed by atoms with van der Waals surface area (Å²) in [5.74, 6) is -1.25. The summed E-state index contributed by atoms with van der Waals surface area (Å²) in [6, 6.07) is 10.2. The SMILES string of the molecule is CCCc1ccc(C(=O)Oc2ccc([C@H]3CC[C@H](CC)CC3)cc2)c(F)c1F. The molecule has 2 aromatic rings. The fraction of sp³-hybridized carbons (Fsp3) is 0.458. The van der Waals surface area contributed by atoms with Crippen LogP contribution in [0.1, 0.15) is 79.8 Å². The number of halogens is 2. The number of carbonyl (C=O) groups is 1. The number of esters is 1. The molecule has 0 heterocycles. The van der Waals surface area contributed by atoms with Crippen LogP contribution in [-0.2, 0) is 6.42 Å². The molecule has 1 aliphatic carbocycles. The van der Waals surface area contributed by atoms with Gasteiger partial charge in [0.2, 0.25) is 0 Å². The van der Waals surface area contributed by atoms with Crippen LogP contribution in [0.5, 0.6) is 5.75 Å². The Morgan fingerprint density at radius 3 is 2.25 bits per heavy atom. The van der Waals surface area contributed by atoms with Gasteiger partial charge in [0.05, 0.1) is 5.56 Å². The quantitative estimate of drug-likeness (QED) is 0.402. The van der Waals surface area contributed by atoms with E-state index in [1.807, 2.05) is 19.1 Å². The average molecular weight is 386 g/mol. The van der Waals surface area contributed by atoms with E-state index in [0.29, 0.717) is 24.5 Å². The highest BCUT2D eigenvalue weighted by Gasteiger charge is 2.22. The van der Waals surface area contributed by atoms with Crippen molar-refractivity contribution in [2.24, 2.45) is 5.92 Å². The molecule has 0 amide bonds. The van der Waals surface area contributed by atoms with Crippen molar-refractivity contribution >= 4 is 5.97 Å². The molecule has 0 N–H and O–H groups in total. The lowest BCUT2D eigenvalue weighted by atomic mass is 9.78. The highest BCUT2D eigenvalue weighted by molar-refractivity contribution is 5.91. The second-order valence-electron chi connectivity index (χ2n) is 7.73. The first-order chi connectivity index (χ1) is 13.5. The number of aryl methyl sites for hydroxylation is 1. The normalized spacial score (nSPS) is 19.4. The molecule has 1 aliphatic rings.